The predicted molar refractivity (Wildman–Crippen MR) is 77.4 cm³/mol. The van der Waals surface area contributed by atoms with Crippen molar-refractivity contribution < 1.29 is 9.53 Å². The monoisotopic (exact) mass is 252 g/mol. The summed E-state index contributed by atoms with van der Waals surface area (Å²) in [5.41, 5.74) is 0.941. The van der Waals surface area contributed by atoms with Gasteiger partial charge < -0.3 is 4.74 Å². The van der Waals surface area contributed by atoms with Crippen molar-refractivity contribution in [2.75, 3.05) is 7.11 Å². The minimum absolute atomic E-state index is 0.290. The predicted octanol–water partition coefficient (Wildman–Crippen LogP) is 4.51. The van der Waals surface area contributed by atoms with Crippen molar-refractivity contribution in [3.63, 3.8) is 0 Å². The number of carbonyl (C=O) groups is 1. The summed E-state index contributed by atoms with van der Waals surface area (Å²) in [7, 11) is 1.40. The van der Waals surface area contributed by atoms with E-state index < -0.39 is 0 Å². The molecule has 0 saturated heterocycles. The third-order valence-corrected chi connectivity index (χ3v) is 2.94. The number of carbonyl (C=O) groups excluding carboxylic acids is 1. The average molecular weight is 252 g/mol. The van der Waals surface area contributed by atoms with E-state index in [-0.39, 0.29) is 5.97 Å². The summed E-state index contributed by atoms with van der Waals surface area (Å²) in [5.74, 6) is 1.23. The maximum Gasteiger partial charge on any atom is 0.330 e. The normalized spacial score (nSPS) is 14.2. The summed E-state index contributed by atoms with van der Waals surface area (Å²) >= 11 is 0. The first-order valence-corrected chi connectivity index (χ1v) is 6.88. The Kier molecular flexibility index (Phi) is 9.35. The second-order valence-electron chi connectivity index (χ2n) is 5.48. The number of hydrogen-bond acceptors (Lipinski definition) is 2. The molecule has 0 rings (SSSR count). The van der Waals surface area contributed by atoms with Crippen LogP contribution in [0.5, 0.6) is 0 Å². The van der Waals surface area contributed by atoms with Crippen molar-refractivity contribution in [2.45, 2.75) is 53.4 Å². The van der Waals surface area contributed by atoms with Crippen LogP contribution in [0.1, 0.15) is 53.4 Å². The molecule has 0 aromatic carbocycles. The molecule has 0 amide bonds. The van der Waals surface area contributed by atoms with Gasteiger partial charge in [-0.25, -0.2) is 4.79 Å². The first-order chi connectivity index (χ1) is 8.45. The maximum absolute atomic E-state index is 11.0. The minimum Gasteiger partial charge on any atom is -0.466 e. The van der Waals surface area contributed by atoms with Gasteiger partial charge in [-0.05, 0) is 30.8 Å². The highest BCUT2D eigenvalue weighted by Gasteiger charge is 2.01. The first-order valence-electron chi connectivity index (χ1n) is 6.88. The van der Waals surface area contributed by atoms with E-state index in [1.54, 1.807) is 0 Å². The zero-order valence-electron chi connectivity index (χ0n) is 12.5. The third kappa shape index (κ3) is 10.1. The topological polar surface area (TPSA) is 26.3 Å². The van der Waals surface area contributed by atoms with Crippen molar-refractivity contribution >= 4 is 5.97 Å². The zero-order valence-corrected chi connectivity index (χ0v) is 12.5. The molecule has 0 N–H and O–H groups in total. The first kappa shape index (κ1) is 16.9. The van der Waals surface area contributed by atoms with Gasteiger partial charge in [0.15, 0.2) is 0 Å². The summed E-state index contributed by atoms with van der Waals surface area (Å²) in [6.45, 7) is 8.73. The van der Waals surface area contributed by atoms with E-state index in [1.807, 2.05) is 13.0 Å². The van der Waals surface area contributed by atoms with Crippen LogP contribution in [0.25, 0.3) is 0 Å². The van der Waals surface area contributed by atoms with Crippen LogP contribution in [-0.4, -0.2) is 13.1 Å². The Balaban J connectivity index is 3.86. The largest absolute Gasteiger partial charge is 0.466 e. The van der Waals surface area contributed by atoms with E-state index >= 15 is 0 Å². The molecule has 0 saturated carbocycles. The molecular weight excluding hydrogens is 224 g/mol. The van der Waals surface area contributed by atoms with Gasteiger partial charge in [-0.2, -0.15) is 0 Å². The van der Waals surface area contributed by atoms with Crippen LogP contribution < -0.4 is 0 Å². The van der Waals surface area contributed by atoms with E-state index in [1.165, 1.54) is 32.4 Å². The molecule has 0 radical (unpaired) electrons. The molecule has 0 aromatic heterocycles. The highest BCUT2D eigenvalue weighted by molar-refractivity contribution is 5.83. The lowest BCUT2D eigenvalue weighted by Gasteiger charge is -2.09. The molecule has 2 nitrogen and oxygen atoms in total. The number of hydrogen-bond donors (Lipinski definition) is 0. The summed E-state index contributed by atoms with van der Waals surface area (Å²) in [6.07, 6.45) is 10.6. The lowest BCUT2D eigenvalue weighted by Crippen LogP contribution is -1.96. The standard InChI is InChI=1S/C16H28O2/c1-13(2)8-6-9-14(3)10-7-11-15(4)12-16(17)18-5/h7,11-14H,6,8-10H2,1-5H3/b11-7+,15-12+. The Morgan fingerprint density at radius 2 is 1.89 bits per heavy atom. The van der Waals surface area contributed by atoms with Gasteiger partial charge in [0.05, 0.1) is 7.11 Å². The van der Waals surface area contributed by atoms with E-state index in [0.29, 0.717) is 5.92 Å². The zero-order chi connectivity index (χ0) is 14.0. The molecule has 104 valence electrons. The van der Waals surface area contributed by atoms with Gasteiger partial charge in [-0.1, -0.05) is 52.2 Å². The third-order valence-electron chi connectivity index (χ3n) is 2.94. The second-order valence-corrected chi connectivity index (χ2v) is 5.48. The van der Waals surface area contributed by atoms with Gasteiger partial charge in [0, 0.05) is 6.08 Å². The van der Waals surface area contributed by atoms with Crippen molar-refractivity contribution in [1.82, 2.24) is 0 Å². The van der Waals surface area contributed by atoms with Crippen LogP contribution in [0.3, 0.4) is 0 Å². The number of methoxy groups -OCH3 is 1. The number of ether oxygens (including phenoxy) is 1. The van der Waals surface area contributed by atoms with Crippen LogP contribution in [0, 0.1) is 11.8 Å². The Morgan fingerprint density at radius 3 is 2.44 bits per heavy atom. The summed E-state index contributed by atoms with van der Waals surface area (Å²) in [4.78, 5) is 11.0. The molecule has 0 fully saturated rings. The number of rotatable bonds is 8. The van der Waals surface area contributed by atoms with Gasteiger partial charge in [0.25, 0.3) is 0 Å². The Hall–Kier alpha value is -1.05. The average Bonchev–Trinajstić information content (AvgIpc) is 2.28. The minimum atomic E-state index is -0.290. The molecule has 0 aliphatic heterocycles. The summed E-state index contributed by atoms with van der Waals surface area (Å²) in [5, 5.41) is 0. The number of allylic oxidation sites excluding steroid dienone is 3. The van der Waals surface area contributed by atoms with E-state index in [9.17, 15) is 4.79 Å². The van der Waals surface area contributed by atoms with Crippen molar-refractivity contribution in [1.29, 1.82) is 0 Å². The van der Waals surface area contributed by atoms with Crippen LogP contribution >= 0.6 is 0 Å². The van der Waals surface area contributed by atoms with E-state index in [0.717, 1.165) is 17.9 Å². The van der Waals surface area contributed by atoms with Gasteiger partial charge in [0.1, 0.15) is 0 Å². The molecule has 0 aromatic rings. The lowest BCUT2D eigenvalue weighted by molar-refractivity contribution is -0.134. The van der Waals surface area contributed by atoms with Gasteiger partial charge in [0.2, 0.25) is 0 Å². The Morgan fingerprint density at radius 1 is 1.22 bits per heavy atom. The van der Waals surface area contributed by atoms with Crippen LogP contribution in [0.4, 0.5) is 0 Å². The molecule has 0 spiro atoms. The highest BCUT2D eigenvalue weighted by Crippen LogP contribution is 2.15. The molecule has 0 aliphatic rings. The lowest BCUT2D eigenvalue weighted by atomic mass is 9.97. The smallest absolute Gasteiger partial charge is 0.330 e. The van der Waals surface area contributed by atoms with Crippen LogP contribution in [0.15, 0.2) is 23.8 Å². The molecule has 0 aliphatic carbocycles. The van der Waals surface area contributed by atoms with Crippen molar-refractivity contribution in [3.8, 4) is 0 Å². The van der Waals surface area contributed by atoms with Crippen molar-refractivity contribution in [3.05, 3.63) is 23.8 Å². The highest BCUT2D eigenvalue weighted by atomic mass is 16.5. The Labute approximate surface area is 112 Å². The molecule has 1 unspecified atom stereocenters. The maximum atomic E-state index is 11.0. The SMILES string of the molecule is COC(=O)/C=C(C)/C=C/CC(C)CCCC(C)C. The molecule has 0 heterocycles. The second kappa shape index (κ2) is 9.93. The van der Waals surface area contributed by atoms with Crippen LogP contribution in [-0.2, 0) is 9.53 Å². The fourth-order valence-corrected chi connectivity index (χ4v) is 1.77. The fourth-order valence-electron chi connectivity index (χ4n) is 1.77. The molecule has 2 heteroatoms. The van der Waals surface area contributed by atoms with Gasteiger partial charge in [-0.15, -0.1) is 0 Å². The molecule has 1 atom stereocenters. The quantitative estimate of drug-likeness (QED) is 0.361. The van der Waals surface area contributed by atoms with Crippen molar-refractivity contribution in [2.24, 2.45) is 11.8 Å². The van der Waals surface area contributed by atoms with Gasteiger partial charge >= 0.3 is 5.97 Å². The number of esters is 1. The Bertz CT molecular complexity index is 287. The summed E-state index contributed by atoms with van der Waals surface area (Å²) in [6, 6.07) is 0. The van der Waals surface area contributed by atoms with E-state index in [2.05, 4.69) is 31.6 Å². The van der Waals surface area contributed by atoms with Crippen LogP contribution in [0.2, 0.25) is 0 Å². The van der Waals surface area contributed by atoms with E-state index in [4.69, 9.17) is 0 Å². The molecule has 0 bridgehead atoms. The molecule has 18 heavy (non-hydrogen) atoms. The molecular formula is C16H28O2. The fraction of sp³-hybridized carbons (Fsp3) is 0.688. The van der Waals surface area contributed by atoms with Gasteiger partial charge in [-0.3, -0.25) is 0 Å². The summed E-state index contributed by atoms with van der Waals surface area (Å²) < 4.78 is 4.57.